The smallest absolute Gasteiger partial charge is 0.338 e. The minimum absolute atomic E-state index is 0.168. The van der Waals surface area contributed by atoms with Crippen LogP contribution >= 0.6 is 0 Å². The zero-order chi connectivity index (χ0) is 23.1. The Bertz CT molecular complexity index is 966. The van der Waals surface area contributed by atoms with Crippen LogP contribution in [0.1, 0.15) is 34.6 Å². The minimum Gasteiger partial charge on any atom is -0.469 e. The molecule has 1 heterocycles. The normalized spacial score (nSPS) is 20.3. The number of methoxy groups -OCH3 is 1. The van der Waals surface area contributed by atoms with Gasteiger partial charge in [0.15, 0.2) is 0 Å². The van der Waals surface area contributed by atoms with Gasteiger partial charge in [0.1, 0.15) is 18.8 Å². The number of carbonyl (C=O) groups is 3. The molecule has 0 aliphatic carbocycles. The van der Waals surface area contributed by atoms with Gasteiger partial charge in [0.25, 0.3) is 0 Å². The van der Waals surface area contributed by atoms with Crippen molar-refractivity contribution in [2.45, 2.75) is 32.2 Å². The van der Waals surface area contributed by atoms with Crippen molar-refractivity contribution in [3.8, 4) is 0 Å². The lowest BCUT2D eigenvalue weighted by atomic mass is 9.84. The maximum Gasteiger partial charge on any atom is 0.338 e. The highest BCUT2D eigenvalue weighted by Gasteiger charge is 2.43. The zero-order valence-corrected chi connectivity index (χ0v) is 18.2. The van der Waals surface area contributed by atoms with Crippen LogP contribution in [0.4, 0.5) is 0 Å². The minimum atomic E-state index is -0.999. The lowest BCUT2D eigenvalue weighted by Crippen LogP contribution is -2.48. The first-order valence-electron chi connectivity index (χ1n) is 10.2. The van der Waals surface area contributed by atoms with Gasteiger partial charge in [-0.05, 0) is 44.2 Å². The van der Waals surface area contributed by atoms with Gasteiger partial charge in [-0.15, -0.1) is 0 Å². The molecule has 1 aliphatic heterocycles. The maximum absolute atomic E-state index is 12.6. The molecule has 0 bridgehead atoms. The summed E-state index contributed by atoms with van der Waals surface area (Å²) in [5.41, 5.74) is -0.220. The van der Waals surface area contributed by atoms with Gasteiger partial charge in [0.05, 0.1) is 29.8 Å². The van der Waals surface area contributed by atoms with Crippen molar-refractivity contribution >= 4 is 17.9 Å². The second-order valence-electron chi connectivity index (χ2n) is 7.89. The standard InChI is InChI=1S/C25H26O7/c1-25(2,24(28)29-3)21-15-14-19(32-23(27)18-12-8-5-9-13-18)20(31-21)16-30-22(26)17-10-6-4-7-11-17/h4-15,19-21H,16H2,1-3H3/t19-,20+,21+/m0/s1. The van der Waals surface area contributed by atoms with Crippen molar-refractivity contribution in [1.29, 1.82) is 0 Å². The van der Waals surface area contributed by atoms with Crippen molar-refractivity contribution in [3.05, 3.63) is 83.9 Å². The number of hydrogen-bond acceptors (Lipinski definition) is 7. The topological polar surface area (TPSA) is 88.1 Å². The van der Waals surface area contributed by atoms with Gasteiger partial charge in [-0.25, -0.2) is 9.59 Å². The van der Waals surface area contributed by atoms with Gasteiger partial charge in [0.2, 0.25) is 0 Å². The predicted molar refractivity (Wildman–Crippen MR) is 116 cm³/mol. The van der Waals surface area contributed by atoms with Gasteiger partial charge >= 0.3 is 17.9 Å². The molecular weight excluding hydrogens is 412 g/mol. The molecule has 7 nitrogen and oxygen atoms in total. The predicted octanol–water partition coefficient (Wildman–Crippen LogP) is 3.59. The zero-order valence-electron chi connectivity index (χ0n) is 18.2. The van der Waals surface area contributed by atoms with Crippen molar-refractivity contribution in [3.63, 3.8) is 0 Å². The summed E-state index contributed by atoms with van der Waals surface area (Å²) < 4.78 is 22.0. The van der Waals surface area contributed by atoms with Crippen LogP contribution in [-0.4, -0.2) is 49.9 Å². The molecule has 0 unspecified atom stereocenters. The first-order valence-corrected chi connectivity index (χ1v) is 10.2. The summed E-state index contributed by atoms with van der Waals surface area (Å²) >= 11 is 0. The van der Waals surface area contributed by atoms with Crippen molar-refractivity contribution < 1.29 is 33.3 Å². The van der Waals surface area contributed by atoms with Gasteiger partial charge in [0, 0.05) is 0 Å². The van der Waals surface area contributed by atoms with Gasteiger partial charge in [-0.3, -0.25) is 4.79 Å². The van der Waals surface area contributed by atoms with Gasteiger partial charge < -0.3 is 18.9 Å². The molecule has 0 aromatic heterocycles. The largest absolute Gasteiger partial charge is 0.469 e. The van der Waals surface area contributed by atoms with E-state index >= 15 is 0 Å². The van der Waals surface area contributed by atoms with Gasteiger partial charge in [-0.2, -0.15) is 0 Å². The molecule has 32 heavy (non-hydrogen) atoms. The summed E-state index contributed by atoms with van der Waals surface area (Å²) in [7, 11) is 1.31. The number of ether oxygens (including phenoxy) is 4. The molecule has 2 aromatic carbocycles. The Hall–Kier alpha value is -3.45. The van der Waals surface area contributed by atoms with E-state index in [2.05, 4.69) is 0 Å². The summed E-state index contributed by atoms with van der Waals surface area (Å²) in [6.45, 7) is 3.22. The lowest BCUT2D eigenvalue weighted by molar-refractivity contribution is -0.167. The second-order valence-corrected chi connectivity index (χ2v) is 7.89. The van der Waals surface area contributed by atoms with E-state index in [4.69, 9.17) is 18.9 Å². The quantitative estimate of drug-likeness (QED) is 0.371. The monoisotopic (exact) mass is 438 g/mol. The fraction of sp³-hybridized carbons (Fsp3) is 0.320. The highest BCUT2D eigenvalue weighted by molar-refractivity contribution is 5.90. The Morgan fingerprint density at radius 3 is 2.00 bits per heavy atom. The molecule has 0 fully saturated rings. The Morgan fingerprint density at radius 2 is 1.44 bits per heavy atom. The van der Waals surface area contributed by atoms with Crippen LogP contribution in [0.3, 0.4) is 0 Å². The molecule has 168 valence electrons. The van der Waals surface area contributed by atoms with Crippen LogP contribution in [0.5, 0.6) is 0 Å². The Morgan fingerprint density at radius 1 is 0.875 bits per heavy atom. The molecule has 0 radical (unpaired) electrons. The molecule has 3 atom stereocenters. The Kier molecular flexibility index (Phi) is 7.43. The van der Waals surface area contributed by atoms with Crippen molar-refractivity contribution in [2.24, 2.45) is 5.41 Å². The van der Waals surface area contributed by atoms with E-state index in [0.29, 0.717) is 11.1 Å². The first-order chi connectivity index (χ1) is 15.3. The van der Waals surface area contributed by atoms with E-state index in [0.717, 1.165) is 0 Å². The average Bonchev–Trinajstić information content (AvgIpc) is 2.83. The molecule has 0 saturated carbocycles. The second kappa shape index (κ2) is 10.2. The van der Waals surface area contributed by atoms with Crippen LogP contribution in [0.25, 0.3) is 0 Å². The SMILES string of the molecule is COC(=O)C(C)(C)[C@H]1C=C[C@H](OC(=O)c2ccccc2)[C@@H](COC(=O)c2ccccc2)O1. The maximum atomic E-state index is 12.6. The van der Waals surface area contributed by atoms with E-state index in [9.17, 15) is 14.4 Å². The van der Waals surface area contributed by atoms with Crippen LogP contribution in [0, 0.1) is 5.41 Å². The highest BCUT2D eigenvalue weighted by atomic mass is 16.6. The highest BCUT2D eigenvalue weighted by Crippen LogP contribution is 2.31. The third-order valence-electron chi connectivity index (χ3n) is 5.23. The van der Waals surface area contributed by atoms with Crippen LogP contribution < -0.4 is 0 Å². The molecule has 0 amide bonds. The molecule has 2 aromatic rings. The molecule has 3 rings (SSSR count). The van der Waals surface area contributed by atoms with E-state index in [1.165, 1.54) is 7.11 Å². The summed E-state index contributed by atoms with van der Waals surface area (Å²) in [5.74, 6) is -1.51. The van der Waals surface area contributed by atoms with E-state index in [1.807, 2.05) is 0 Å². The summed E-state index contributed by atoms with van der Waals surface area (Å²) in [4.78, 5) is 37.2. The van der Waals surface area contributed by atoms with Crippen LogP contribution in [0.15, 0.2) is 72.8 Å². The molecule has 7 heteroatoms. The molecular formula is C25H26O7. The van der Waals surface area contributed by atoms with Crippen LogP contribution in [-0.2, 0) is 23.7 Å². The number of benzene rings is 2. The number of hydrogen-bond donors (Lipinski definition) is 0. The first kappa shape index (κ1) is 23.2. The fourth-order valence-electron chi connectivity index (χ4n) is 3.27. The molecule has 0 N–H and O–H groups in total. The summed E-state index contributed by atoms with van der Waals surface area (Å²) in [6, 6.07) is 17.1. The molecule has 0 saturated heterocycles. The Balaban J connectivity index is 1.77. The summed E-state index contributed by atoms with van der Waals surface area (Å²) in [5, 5.41) is 0. The van der Waals surface area contributed by atoms with E-state index < -0.39 is 41.6 Å². The lowest BCUT2D eigenvalue weighted by Gasteiger charge is -2.37. The number of carbonyl (C=O) groups excluding carboxylic acids is 3. The average molecular weight is 438 g/mol. The molecule has 0 spiro atoms. The van der Waals surface area contributed by atoms with Crippen molar-refractivity contribution in [2.75, 3.05) is 13.7 Å². The molecule has 1 aliphatic rings. The third kappa shape index (κ3) is 5.42. The Labute approximate surface area is 186 Å². The van der Waals surface area contributed by atoms with E-state index in [-0.39, 0.29) is 6.61 Å². The van der Waals surface area contributed by atoms with Crippen molar-refractivity contribution in [1.82, 2.24) is 0 Å². The number of rotatable bonds is 7. The van der Waals surface area contributed by atoms with Crippen LogP contribution in [0.2, 0.25) is 0 Å². The fourth-order valence-corrected chi connectivity index (χ4v) is 3.27. The summed E-state index contributed by atoms with van der Waals surface area (Å²) in [6.07, 6.45) is 1.03. The van der Waals surface area contributed by atoms with Gasteiger partial charge in [-0.1, -0.05) is 42.5 Å². The number of esters is 3. The third-order valence-corrected chi connectivity index (χ3v) is 5.23. The van der Waals surface area contributed by atoms with E-state index in [1.54, 1.807) is 86.7 Å².